The van der Waals surface area contributed by atoms with Crippen LogP contribution in [0.25, 0.3) is 0 Å². The smallest absolute Gasteiger partial charge is 0.308 e. The predicted octanol–water partition coefficient (Wildman–Crippen LogP) is 1.31. The molecule has 2 fully saturated rings. The van der Waals surface area contributed by atoms with Gasteiger partial charge in [0, 0.05) is 18.5 Å². The van der Waals surface area contributed by atoms with Gasteiger partial charge >= 0.3 is 5.97 Å². The van der Waals surface area contributed by atoms with Gasteiger partial charge in [-0.1, -0.05) is 6.42 Å². The summed E-state index contributed by atoms with van der Waals surface area (Å²) in [6, 6.07) is 0. The molecule has 6 heteroatoms. The topological polar surface area (TPSA) is 66.3 Å². The third-order valence-corrected chi connectivity index (χ3v) is 4.18. The van der Waals surface area contributed by atoms with E-state index in [0.717, 1.165) is 31.7 Å². The Morgan fingerprint density at radius 1 is 1.44 bits per heavy atom. The van der Waals surface area contributed by atoms with Crippen LogP contribution in [-0.2, 0) is 4.79 Å². The molecular weight excluding hydrogens is 237 g/mol. The zero-order valence-corrected chi connectivity index (χ0v) is 9.84. The molecule has 1 saturated heterocycles. The molecule has 1 saturated carbocycles. The number of hydrogen-bond acceptors (Lipinski definition) is 4. The minimum Gasteiger partial charge on any atom is -0.481 e. The van der Waals surface area contributed by atoms with Crippen LogP contribution >= 0.6 is 0 Å². The van der Waals surface area contributed by atoms with Crippen molar-refractivity contribution in [3.05, 3.63) is 18.2 Å². The monoisotopic (exact) mass is 251 g/mol. The fourth-order valence-electron chi connectivity index (χ4n) is 3.07. The first-order chi connectivity index (χ1) is 8.61. The first kappa shape index (κ1) is 11.4. The van der Waals surface area contributed by atoms with Gasteiger partial charge in [-0.15, -0.1) is 0 Å². The lowest BCUT2D eigenvalue weighted by atomic mass is 9.63. The van der Waals surface area contributed by atoms with Gasteiger partial charge < -0.3 is 10.0 Å². The molecule has 2 heterocycles. The summed E-state index contributed by atoms with van der Waals surface area (Å²) in [5, 5.41) is 9.30. The lowest BCUT2D eigenvalue weighted by Crippen LogP contribution is -2.40. The Hall–Kier alpha value is -1.72. The van der Waals surface area contributed by atoms with Gasteiger partial charge in [0.2, 0.25) is 5.95 Å². The van der Waals surface area contributed by atoms with Crippen LogP contribution in [0.15, 0.2) is 12.4 Å². The molecule has 0 unspecified atom stereocenters. The Morgan fingerprint density at radius 2 is 2.11 bits per heavy atom. The van der Waals surface area contributed by atoms with Crippen LogP contribution < -0.4 is 4.90 Å². The van der Waals surface area contributed by atoms with Crippen LogP contribution in [0.2, 0.25) is 0 Å². The normalized spacial score (nSPS) is 25.2. The largest absolute Gasteiger partial charge is 0.481 e. The van der Waals surface area contributed by atoms with Crippen LogP contribution in [0.5, 0.6) is 0 Å². The van der Waals surface area contributed by atoms with Crippen LogP contribution in [0.3, 0.4) is 0 Å². The molecule has 5 nitrogen and oxygen atoms in total. The first-order valence-corrected chi connectivity index (χ1v) is 6.06. The van der Waals surface area contributed by atoms with Crippen molar-refractivity contribution in [1.29, 1.82) is 0 Å². The average molecular weight is 251 g/mol. The summed E-state index contributed by atoms with van der Waals surface area (Å²) in [5.41, 5.74) is -0.121. The van der Waals surface area contributed by atoms with Gasteiger partial charge in [0.25, 0.3) is 0 Å². The van der Waals surface area contributed by atoms with Gasteiger partial charge in [-0.3, -0.25) is 4.79 Å². The van der Waals surface area contributed by atoms with E-state index in [1.54, 1.807) is 0 Å². The fourth-order valence-corrected chi connectivity index (χ4v) is 3.07. The van der Waals surface area contributed by atoms with Crippen LogP contribution in [-0.4, -0.2) is 34.1 Å². The van der Waals surface area contributed by atoms with Crippen molar-refractivity contribution in [1.82, 2.24) is 9.97 Å². The Morgan fingerprint density at radius 3 is 2.56 bits per heavy atom. The third-order valence-electron chi connectivity index (χ3n) is 4.18. The summed E-state index contributed by atoms with van der Waals surface area (Å²) < 4.78 is 12.8. The molecule has 1 spiro atoms. The molecule has 0 amide bonds. The Balaban J connectivity index is 1.84. The minimum atomic E-state index is -0.751. The second-order valence-electron chi connectivity index (χ2n) is 5.19. The van der Waals surface area contributed by atoms with E-state index in [1.807, 2.05) is 4.90 Å². The molecule has 96 valence electrons. The summed E-state index contributed by atoms with van der Waals surface area (Å²) in [4.78, 5) is 21.0. The Labute approximate surface area is 104 Å². The lowest BCUT2D eigenvalue weighted by Gasteiger charge is -2.40. The van der Waals surface area contributed by atoms with Crippen molar-refractivity contribution in [2.75, 3.05) is 18.0 Å². The number of hydrogen-bond donors (Lipinski definition) is 1. The zero-order valence-electron chi connectivity index (χ0n) is 9.84. The molecule has 3 rings (SSSR count). The second kappa shape index (κ2) is 3.90. The van der Waals surface area contributed by atoms with Crippen molar-refractivity contribution < 1.29 is 14.3 Å². The maximum absolute atomic E-state index is 12.8. The van der Waals surface area contributed by atoms with Crippen molar-refractivity contribution in [2.24, 2.45) is 11.3 Å². The van der Waals surface area contributed by atoms with Crippen LogP contribution in [0, 0.1) is 17.2 Å². The standard InChI is InChI=1S/C12H14FN3O2/c13-8-4-14-11(15-5-8)16-6-9(10(17)18)12(7-16)2-1-3-12/h4-5,9H,1-3,6-7H2,(H,17,18)/t9-/m0/s1. The van der Waals surface area contributed by atoms with E-state index in [9.17, 15) is 14.3 Å². The third kappa shape index (κ3) is 1.63. The summed E-state index contributed by atoms with van der Waals surface area (Å²) in [5.74, 6) is -1.17. The molecule has 2 aliphatic rings. The van der Waals surface area contributed by atoms with Crippen LogP contribution in [0.4, 0.5) is 10.3 Å². The van der Waals surface area contributed by atoms with E-state index in [0.29, 0.717) is 19.0 Å². The number of carbonyl (C=O) groups is 1. The van der Waals surface area contributed by atoms with Gasteiger partial charge in [0.05, 0.1) is 18.3 Å². The number of anilines is 1. The van der Waals surface area contributed by atoms with E-state index in [2.05, 4.69) is 9.97 Å². The molecule has 1 atom stereocenters. The van der Waals surface area contributed by atoms with Gasteiger partial charge in [-0.05, 0) is 12.8 Å². The maximum atomic E-state index is 12.8. The summed E-state index contributed by atoms with van der Waals surface area (Å²) in [7, 11) is 0. The summed E-state index contributed by atoms with van der Waals surface area (Å²) in [6.07, 6.45) is 5.21. The van der Waals surface area contributed by atoms with E-state index in [-0.39, 0.29) is 11.3 Å². The molecule has 1 aromatic heterocycles. The molecule has 0 radical (unpaired) electrons. The average Bonchev–Trinajstić information content (AvgIpc) is 2.70. The van der Waals surface area contributed by atoms with Gasteiger partial charge in [-0.25, -0.2) is 14.4 Å². The van der Waals surface area contributed by atoms with E-state index >= 15 is 0 Å². The van der Waals surface area contributed by atoms with Crippen molar-refractivity contribution in [3.8, 4) is 0 Å². The number of aliphatic carboxylic acids is 1. The molecular formula is C12H14FN3O2. The molecule has 1 N–H and O–H groups in total. The number of nitrogens with zero attached hydrogens (tertiary/aromatic N) is 3. The number of carboxylic acids is 1. The lowest BCUT2D eigenvalue weighted by molar-refractivity contribution is -0.146. The number of halogens is 1. The quantitative estimate of drug-likeness (QED) is 0.858. The van der Waals surface area contributed by atoms with Gasteiger partial charge in [0.1, 0.15) is 0 Å². The first-order valence-electron chi connectivity index (χ1n) is 6.06. The van der Waals surface area contributed by atoms with Crippen molar-refractivity contribution in [3.63, 3.8) is 0 Å². The summed E-state index contributed by atoms with van der Waals surface area (Å²) >= 11 is 0. The SMILES string of the molecule is O=C(O)[C@@H]1CN(c2ncc(F)cn2)CC12CCC2. The van der Waals surface area contributed by atoms with Crippen molar-refractivity contribution in [2.45, 2.75) is 19.3 Å². The molecule has 1 aliphatic carbocycles. The summed E-state index contributed by atoms with van der Waals surface area (Å²) in [6.45, 7) is 1.08. The Bertz CT molecular complexity index is 473. The minimum absolute atomic E-state index is 0.121. The molecule has 1 aliphatic heterocycles. The predicted molar refractivity (Wildman–Crippen MR) is 61.6 cm³/mol. The Kier molecular flexibility index (Phi) is 2.46. The van der Waals surface area contributed by atoms with Crippen molar-refractivity contribution >= 4 is 11.9 Å². The fraction of sp³-hybridized carbons (Fsp3) is 0.583. The highest BCUT2D eigenvalue weighted by atomic mass is 19.1. The highest BCUT2D eigenvalue weighted by Gasteiger charge is 2.54. The van der Waals surface area contributed by atoms with Crippen LogP contribution in [0.1, 0.15) is 19.3 Å². The van der Waals surface area contributed by atoms with E-state index < -0.39 is 11.8 Å². The zero-order chi connectivity index (χ0) is 12.8. The van der Waals surface area contributed by atoms with Gasteiger partial charge in [0.15, 0.2) is 5.82 Å². The second-order valence-corrected chi connectivity index (χ2v) is 5.19. The highest BCUT2D eigenvalue weighted by molar-refractivity contribution is 5.73. The maximum Gasteiger partial charge on any atom is 0.308 e. The number of carboxylic acid groups (broad SMARTS) is 1. The van der Waals surface area contributed by atoms with Gasteiger partial charge in [-0.2, -0.15) is 0 Å². The number of aromatic nitrogens is 2. The van der Waals surface area contributed by atoms with E-state index in [4.69, 9.17) is 0 Å². The van der Waals surface area contributed by atoms with E-state index in [1.165, 1.54) is 0 Å². The molecule has 0 aromatic carbocycles. The highest BCUT2D eigenvalue weighted by Crippen LogP contribution is 2.52. The number of rotatable bonds is 2. The molecule has 1 aromatic rings. The molecule has 18 heavy (non-hydrogen) atoms. The molecule has 0 bridgehead atoms.